The Labute approximate surface area is 342 Å². The summed E-state index contributed by atoms with van der Waals surface area (Å²) >= 11 is 3.91. The SMILES string of the molecule is CCCCCCCCc1ccc(CCCCCCCC)c(-c2csc(-c3sccc3-c3cc(CCCCCCCC)ccc3CCCCCCCC)c2)c1. The molecule has 54 heavy (non-hydrogen) atoms. The smallest absolute Gasteiger partial charge is 0.0521 e. The van der Waals surface area contributed by atoms with E-state index in [9.17, 15) is 0 Å². The molecule has 0 unspecified atom stereocenters. The van der Waals surface area contributed by atoms with E-state index in [1.165, 1.54) is 223 Å². The van der Waals surface area contributed by atoms with Crippen molar-refractivity contribution in [2.24, 2.45) is 0 Å². The molecule has 0 nitrogen and oxygen atoms in total. The highest BCUT2D eigenvalue weighted by atomic mass is 32.1. The highest BCUT2D eigenvalue weighted by molar-refractivity contribution is 7.21. The van der Waals surface area contributed by atoms with Crippen molar-refractivity contribution in [1.82, 2.24) is 0 Å². The average molecular weight is 767 g/mol. The van der Waals surface area contributed by atoms with E-state index < -0.39 is 0 Å². The summed E-state index contributed by atoms with van der Waals surface area (Å²) in [7, 11) is 0. The van der Waals surface area contributed by atoms with Crippen molar-refractivity contribution in [3.63, 3.8) is 0 Å². The summed E-state index contributed by atoms with van der Waals surface area (Å²) in [6, 6.07) is 20.0. The van der Waals surface area contributed by atoms with Crippen LogP contribution in [0.2, 0.25) is 0 Å². The Balaban J connectivity index is 1.56. The summed E-state index contributed by atoms with van der Waals surface area (Å²) in [4.78, 5) is 2.90. The van der Waals surface area contributed by atoms with Gasteiger partial charge in [0.15, 0.2) is 0 Å². The minimum absolute atomic E-state index is 1.19. The van der Waals surface area contributed by atoms with Crippen LogP contribution in [0.15, 0.2) is 59.3 Å². The maximum absolute atomic E-state index is 2.59. The number of hydrogen-bond donors (Lipinski definition) is 0. The topological polar surface area (TPSA) is 0 Å². The van der Waals surface area contributed by atoms with E-state index in [1.54, 1.807) is 11.1 Å². The fourth-order valence-electron chi connectivity index (χ4n) is 8.23. The highest BCUT2D eigenvalue weighted by Crippen LogP contribution is 2.44. The molecule has 0 atom stereocenters. The standard InChI is InChI=1S/C52H78S2/c1-5-9-13-17-21-25-29-43-33-35-45(31-27-23-19-15-11-7-3)49(39-43)47-41-51(54-42-47)52-48(37-38-53-52)50-40-44(30-26-22-18-14-10-6-2)34-36-46(50)32-28-24-20-16-12-8-4/h33-42H,5-32H2,1-4H3. The van der Waals surface area contributed by atoms with E-state index in [2.05, 4.69) is 87.0 Å². The van der Waals surface area contributed by atoms with Crippen LogP contribution in [-0.4, -0.2) is 0 Å². The molecule has 0 aliphatic rings. The predicted molar refractivity (Wildman–Crippen MR) is 247 cm³/mol. The van der Waals surface area contributed by atoms with Gasteiger partial charge in [-0.15, -0.1) is 22.7 Å². The van der Waals surface area contributed by atoms with Gasteiger partial charge in [-0.05, 0) is 113 Å². The van der Waals surface area contributed by atoms with Crippen molar-refractivity contribution in [3.8, 4) is 32.0 Å². The number of thiophene rings is 2. The first-order valence-corrected chi connectivity index (χ1v) is 24.8. The Hall–Kier alpha value is -2.16. The van der Waals surface area contributed by atoms with E-state index in [0.717, 1.165) is 0 Å². The normalized spacial score (nSPS) is 11.6. The van der Waals surface area contributed by atoms with Crippen LogP contribution in [0.25, 0.3) is 32.0 Å². The van der Waals surface area contributed by atoms with Gasteiger partial charge in [0.2, 0.25) is 0 Å². The molecule has 4 aromatic rings. The Bertz CT molecular complexity index is 1540. The lowest BCUT2D eigenvalue weighted by Gasteiger charge is -2.14. The van der Waals surface area contributed by atoms with Crippen molar-refractivity contribution < 1.29 is 0 Å². The fourth-order valence-corrected chi connectivity index (χ4v) is 10.2. The Morgan fingerprint density at radius 2 is 0.796 bits per heavy atom. The fraction of sp³-hybridized carbons (Fsp3) is 0.615. The molecule has 2 heteroatoms. The van der Waals surface area contributed by atoms with Crippen LogP contribution in [-0.2, 0) is 25.7 Å². The summed E-state index contributed by atoms with van der Waals surface area (Å²) in [6.07, 6.45) is 37.3. The summed E-state index contributed by atoms with van der Waals surface area (Å²) in [5.41, 5.74) is 12.1. The van der Waals surface area contributed by atoms with Gasteiger partial charge in [-0.1, -0.05) is 193 Å². The van der Waals surface area contributed by atoms with Crippen LogP contribution in [0.3, 0.4) is 0 Å². The molecule has 0 amide bonds. The maximum atomic E-state index is 2.59. The molecule has 0 fully saturated rings. The summed E-state index contributed by atoms with van der Waals surface area (Å²) in [5, 5.41) is 4.82. The monoisotopic (exact) mass is 767 g/mol. The number of unbranched alkanes of at least 4 members (excludes halogenated alkanes) is 20. The van der Waals surface area contributed by atoms with Crippen LogP contribution in [0.4, 0.5) is 0 Å². The lowest BCUT2D eigenvalue weighted by molar-refractivity contribution is 0.606. The van der Waals surface area contributed by atoms with Crippen molar-refractivity contribution in [3.05, 3.63) is 81.5 Å². The zero-order chi connectivity index (χ0) is 38.1. The second kappa shape index (κ2) is 27.4. The zero-order valence-corrected chi connectivity index (χ0v) is 37.0. The second-order valence-electron chi connectivity index (χ2n) is 16.4. The highest BCUT2D eigenvalue weighted by Gasteiger charge is 2.17. The van der Waals surface area contributed by atoms with Gasteiger partial charge in [0.1, 0.15) is 0 Å². The van der Waals surface area contributed by atoms with Crippen molar-refractivity contribution >= 4 is 22.7 Å². The summed E-state index contributed by atoms with van der Waals surface area (Å²) < 4.78 is 0. The van der Waals surface area contributed by atoms with Crippen LogP contribution in [0.1, 0.15) is 204 Å². The first kappa shape index (κ1) is 44.6. The van der Waals surface area contributed by atoms with Gasteiger partial charge >= 0.3 is 0 Å². The quantitative estimate of drug-likeness (QED) is 0.0448. The molecule has 2 aromatic heterocycles. The van der Waals surface area contributed by atoms with Crippen molar-refractivity contribution in [1.29, 1.82) is 0 Å². The van der Waals surface area contributed by atoms with Gasteiger partial charge in [-0.25, -0.2) is 0 Å². The summed E-state index contributed by atoms with van der Waals surface area (Å²) in [5.74, 6) is 0. The number of aryl methyl sites for hydroxylation is 4. The van der Waals surface area contributed by atoms with E-state index in [-0.39, 0.29) is 0 Å². The van der Waals surface area contributed by atoms with Gasteiger partial charge in [0.25, 0.3) is 0 Å². The van der Waals surface area contributed by atoms with E-state index in [4.69, 9.17) is 0 Å². The molecular weight excluding hydrogens is 689 g/mol. The van der Waals surface area contributed by atoms with Crippen LogP contribution in [0, 0.1) is 0 Å². The molecule has 298 valence electrons. The van der Waals surface area contributed by atoms with Crippen LogP contribution < -0.4 is 0 Å². The van der Waals surface area contributed by atoms with Gasteiger partial charge in [-0.2, -0.15) is 0 Å². The minimum atomic E-state index is 1.19. The number of benzene rings is 2. The first-order chi connectivity index (χ1) is 26.7. The molecule has 0 spiro atoms. The van der Waals surface area contributed by atoms with Gasteiger partial charge in [0.05, 0.1) is 4.88 Å². The van der Waals surface area contributed by atoms with Gasteiger partial charge in [-0.3, -0.25) is 0 Å². The molecule has 2 aromatic carbocycles. The molecule has 0 radical (unpaired) electrons. The first-order valence-electron chi connectivity index (χ1n) is 23.1. The van der Waals surface area contributed by atoms with Crippen molar-refractivity contribution in [2.75, 3.05) is 0 Å². The van der Waals surface area contributed by atoms with E-state index in [1.807, 2.05) is 22.7 Å². The number of rotatable bonds is 31. The Morgan fingerprint density at radius 1 is 0.370 bits per heavy atom. The molecule has 0 aliphatic carbocycles. The van der Waals surface area contributed by atoms with E-state index >= 15 is 0 Å². The third kappa shape index (κ3) is 15.8. The van der Waals surface area contributed by atoms with Gasteiger partial charge in [0, 0.05) is 10.4 Å². The van der Waals surface area contributed by atoms with E-state index in [0.29, 0.717) is 0 Å². The lowest BCUT2D eigenvalue weighted by Crippen LogP contribution is -1.95. The molecule has 2 heterocycles. The second-order valence-corrected chi connectivity index (χ2v) is 18.2. The molecule has 0 saturated heterocycles. The lowest BCUT2D eigenvalue weighted by atomic mass is 9.91. The van der Waals surface area contributed by atoms with Crippen LogP contribution >= 0.6 is 22.7 Å². The molecule has 4 rings (SSSR count). The third-order valence-electron chi connectivity index (χ3n) is 11.7. The number of hydrogen-bond acceptors (Lipinski definition) is 2. The molecule has 0 saturated carbocycles. The van der Waals surface area contributed by atoms with Gasteiger partial charge < -0.3 is 0 Å². The molecular formula is C52H78S2. The average Bonchev–Trinajstić information content (AvgIpc) is 3.89. The zero-order valence-electron chi connectivity index (χ0n) is 35.4. The molecule has 0 aliphatic heterocycles. The van der Waals surface area contributed by atoms with Crippen LogP contribution in [0.5, 0.6) is 0 Å². The van der Waals surface area contributed by atoms with Crippen molar-refractivity contribution in [2.45, 2.75) is 207 Å². The maximum Gasteiger partial charge on any atom is 0.0521 e. The Kier molecular flexibility index (Phi) is 22.6. The Morgan fingerprint density at radius 3 is 1.30 bits per heavy atom. The predicted octanol–water partition coefficient (Wildman–Crippen LogP) is 18.4. The largest absolute Gasteiger partial charge is 0.142 e. The molecule has 0 bridgehead atoms. The summed E-state index contributed by atoms with van der Waals surface area (Å²) in [6.45, 7) is 9.26. The third-order valence-corrected chi connectivity index (χ3v) is 13.7. The minimum Gasteiger partial charge on any atom is -0.142 e. The molecule has 0 N–H and O–H groups in total.